The SMILES string of the molecule is C[C@@H]1CCCN(C(=O)COC(=O)CNS(=O)(=O)c2ccc(C#N)cc2)C1. The van der Waals surface area contributed by atoms with E-state index in [4.69, 9.17) is 10.00 Å². The zero-order valence-electron chi connectivity index (χ0n) is 14.5. The zero-order valence-corrected chi connectivity index (χ0v) is 15.3. The first-order valence-corrected chi connectivity index (χ1v) is 9.73. The van der Waals surface area contributed by atoms with E-state index in [2.05, 4.69) is 11.6 Å². The van der Waals surface area contributed by atoms with Gasteiger partial charge in [-0.1, -0.05) is 6.92 Å². The maximum absolute atomic E-state index is 12.1. The number of carbonyl (C=O) groups is 2. The van der Waals surface area contributed by atoms with Crippen LogP contribution in [0.25, 0.3) is 0 Å². The van der Waals surface area contributed by atoms with E-state index < -0.39 is 29.1 Å². The van der Waals surface area contributed by atoms with Gasteiger partial charge in [-0.3, -0.25) is 9.59 Å². The number of rotatable bonds is 6. The molecule has 0 aromatic heterocycles. The molecule has 1 atom stereocenters. The third-order valence-corrected chi connectivity index (χ3v) is 5.48. The standard InChI is InChI=1S/C17H21N3O5S/c1-13-3-2-8-20(11-13)16(21)12-25-17(22)10-19-26(23,24)15-6-4-14(9-18)5-7-15/h4-7,13,19H,2-3,8,10-12H2,1H3/t13-/m1/s1. The summed E-state index contributed by atoms with van der Waals surface area (Å²) in [5.41, 5.74) is 0.328. The first kappa shape index (κ1) is 19.9. The van der Waals surface area contributed by atoms with Crippen molar-refractivity contribution in [3.8, 4) is 6.07 Å². The Kier molecular flexibility index (Phi) is 6.71. The molecule has 26 heavy (non-hydrogen) atoms. The summed E-state index contributed by atoms with van der Waals surface area (Å²) in [5, 5.41) is 8.71. The van der Waals surface area contributed by atoms with Crippen LogP contribution in [0.4, 0.5) is 0 Å². The van der Waals surface area contributed by atoms with Crippen LogP contribution in [0.1, 0.15) is 25.3 Å². The van der Waals surface area contributed by atoms with Crippen LogP contribution in [0.3, 0.4) is 0 Å². The number of amides is 1. The summed E-state index contributed by atoms with van der Waals surface area (Å²) in [6.45, 7) is 2.37. The van der Waals surface area contributed by atoms with E-state index >= 15 is 0 Å². The predicted molar refractivity (Wildman–Crippen MR) is 92.3 cm³/mol. The molecule has 1 aliphatic heterocycles. The van der Waals surface area contributed by atoms with Gasteiger partial charge < -0.3 is 9.64 Å². The van der Waals surface area contributed by atoms with E-state index in [1.807, 2.05) is 6.07 Å². The van der Waals surface area contributed by atoms with Crippen molar-refractivity contribution in [3.63, 3.8) is 0 Å². The van der Waals surface area contributed by atoms with Crippen LogP contribution in [-0.2, 0) is 24.3 Å². The normalized spacial score (nSPS) is 17.4. The number of hydrogen-bond donors (Lipinski definition) is 1. The monoisotopic (exact) mass is 379 g/mol. The van der Waals surface area contributed by atoms with Crippen LogP contribution in [0.15, 0.2) is 29.2 Å². The van der Waals surface area contributed by atoms with Crippen LogP contribution >= 0.6 is 0 Å². The van der Waals surface area contributed by atoms with Gasteiger partial charge in [-0.05, 0) is 43.0 Å². The highest BCUT2D eigenvalue weighted by Crippen LogP contribution is 2.15. The fraction of sp³-hybridized carbons (Fsp3) is 0.471. The minimum absolute atomic E-state index is 0.0670. The van der Waals surface area contributed by atoms with Gasteiger partial charge in [-0.15, -0.1) is 0 Å². The van der Waals surface area contributed by atoms with Crippen molar-refractivity contribution in [2.45, 2.75) is 24.7 Å². The summed E-state index contributed by atoms with van der Waals surface area (Å²) in [4.78, 5) is 25.3. The van der Waals surface area contributed by atoms with Crippen molar-refractivity contribution >= 4 is 21.9 Å². The Morgan fingerprint density at radius 3 is 2.65 bits per heavy atom. The fourth-order valence-corrected chi connectivity index (χ4v) is 3.62. The molecule has 1 heterocycles. The summed E-state index contributed by atoms with van der Waals surface area (Å²) < 4.78 is 31.1. The van der Waals surface area contributed by atoms with Gasteiger partial charge >= 0.3 is 5.97 Å². The van der Waals surface area contributed by atoms with Gasteiger partial charge in [-0.2, -0.15) is 9.98 Å². The van der Waals surface area contributed by atoms with E-state index in [1.54, 1.807) is 4.90 Å². The van der Waals surface area contributed by atoms with E-state index in [1.165, 1.54) is 24.3 Å². The lowest BCUT2D eigenvalue weighted by molar-refractivity contribution is -0.151. The summed E-state index contributed by atoms with van der Waals surface area (Å²) in [6, 6.07) is 7.16. The Labute approximate surface area is 152 Å². The highest BCUT2D eigenvalue weighted by molar-refractivity contribution is 7.89. The van der Waals surface area contributed by atoms with Crippen molar-refractivity contribution in [3.05, 3.63) is 29.8 Å². The number of nitrogens with one attached hydrogen (secondary N) is 1. The Morgan fingerprint density at radius 1 is 1.35 bits per heavy atom. The van der Waals surface area contributed by atoms with Gasteiger partial charge in [0.2, 0.25) is 10.0 Å². The third-order valence-electron chi connectivity index (χ3n) is 4.07. The van der Waals surface area contributed by atoms with E-state index in [-0.39, 0.29) is 10.8 Å². The molecule has 1 amide bonds. The molecule has 1 fully saturated rings. The quantitative estimate of drug-likeness (QED) is 0.725. The minimum atomic E-state index is -3.90. The van der Waals surface area contributed by atoms with Crippen LogP contribution < -0.4 is 4.72 Å². The number of ether oxygens (including phenoxy) is 1. The molecule has 8 nitrogen and oxygen atoms in total. The maximum Gasteiger partial charge on any atom is 0.321 e. The molecule has 0 saturated carbocycles. The lowest BCUT2D eigenvalue weighted by Crippen LogP contribution is -2.42. The first-order valence-electron chi connectivity index (χ1n) is 8.25. The topological polar surface area (TPSA) is 117 Å². The highest BCUT2D eigenvalue weighted by atomic mass is 32.2. The Balaban J connectivity index is 1.80. The van der Waals surface area contributed by atoms with Crippen LogP contribution in [0.5, 0.6) is 0 Å². The molecule has 0 bridgehead atoms. The number of carbonyl (C=O) groups excluding carboxylic acids is 2. The Hall–Kier alpha value is -2.44. The summed E-state index contributed by atoms with van der Waals surface area (Å²) >= 11 is 0. The van der Waals surface area contributed by atoms with Gasteiger partial charge in [0.1, 0.15) is 6.54 Å². The average molecular weight is 379 g/mol. The van der Waals surface area contributed by atoms with Gasteiger partial charge in [0.25, 0.3) is 5.91 Å². The molecule has 140 valence electrons. The van der Waals surface area contributed by atoms with Gasteiger partial charge in [-0.25, -0.2) is 8.42 Å². The number of nitriles is 1. The first-order chi connectivity index (χ1) is 12.3. The molecule has 1 aromatic rings. The number of hydrogen-bond acceptors (Lipinski definition) is 6. The number of esters is 1. The fourth-order valence-electron chi connectivity index (χ4n) is 2.65. The van der Waals surface area contributed by atoms with Crippen LogP contribution in [-0.4, -0.2) is 51.4 Å². The Bertz CT molecular complexity index is 799. The number of nitrogens with zero attached hydrogens (tertiary/aromatic N) is 2. The van der Waals surface area contributed by atoms with Gasteiger partial charge in [0, 0.05) is 13.1 Å². The van der Waals surface area contributed by atoms with Crippen LogP contribution in [0.2, 0.25) is 0 Å². The second-order valence-corrected chi connectivity index (χ2v) is 7.98. The van der Waals surface area contributed by atoms with E-state index in [0.717, 1.165) is 12.8 Å². The minimum Gasteiger partial charge on any atom is -0.455 e. The van der Waals surface area contributed by atoms with E-state index in [0.29, 0.717) is 24.6 Å². The van der Waals surface area contributed by atoms with Gasteiger partial charge in [0.15, 0.2) is 6.61 Å². The molecular formula is C17H21N3O5S. The molecule has 0 unspecified atom stereocenters. The van der Waals surface area contributed by atoms with Crippen molar-refractivity contribution < 1.29 is 22.7 Å². The second-order valence-electron chi connectivity index (χ2n) is 6.21. The van der Waals surface area contributed by atoms with Gasteiger partial charge in [0.05, 0.1) is 16.5 Å². The van der Waals surface area contributed by atoms with Crippen molar-refractivity contribution in [2.75, 3.05) is 26.2 Å². The molecular weight excluding hydrogens is 358 g/mol. The number of sulfonamides is 1. The smallest absolute Gasteiger partial charge is 0.321 e. The summed E-state index contributed by atoms with van der Waals surface area (Å²) in [7, 11) is -3.90. The number of piperidine rings is 1. The number of benzene rings is 1. The molecule has 9 heteroatoms. The average Bonchev–Trinajstić information content (AvgIpc) is 2.64. The molecule has 0 radical (unpaired) electrons. The molecule has 1 N–H and O–H groups in total. The van der Waals surface area contributed by atoms with Crippen molar-refractivity contribution in [2.24, 2.45) is 5.92 Å². The highest BCUT2D eigenvalue weighted by Gasteiger charge is 2.22. The zero-order chi connectivity index (χ0) is 19.2. The molecule has 1 aliphatic rings. The largest absolute Gasteiger partial charge is 0.455 e. The maximum atomic E-state index is 12.1. The lowest BCUT2D eigenvalue weighted by atomic mass is 10.0. The molecule has 2 rings (SSSR count). The molecule has 1 aromatic carbocycles. The predicted octanol–water partition coefficient (Wildman–Crippen LogP) is 0.638. The van der Waals surface area contributed by atoms with Crippen molar-refractivity contribution in [1.29, 1.82) is 5.26 Å². The van der Waals surface area contributed by atoms with E-state index in [9.17, 15) is 18.0 Å². The van der Waals surface area contributed by atoms with Crippen molar-refractivity contribution in [1.82, 2.24) is 9.62 Å². The summed E-state index contributed by atoms with van der Waals surface area (Å²) in [5.74, 6) is -0.692. The molecule has 0 spiro atoms. The molecule has 0 aliphatic carbocycles. The third kappa shape index (κ3) is 5.54. The van der Waals surface area contributed by atoms with Crippen LogP contribution in [0, 0.1) is 17.2 Å². The lowest BCUT2D eigenvalue weighted by Gasteiger charge is -2.30. The Morgan fingerprint density at radius 2 is 2.04 bits per heavy atom. The second kappa shape index (κ2) is 8.78. The number of likely N-dealkylation sites (tertiary alicyclic amines) is 1. The molecule has 1 saturated heterocycles. The summed E-state index contributed by atoms with van der Waals surface area (Å²) in [6.07, 6.45) is 1.99.